The largest absolute Gasteiger partial charge is 0.298 e. The first-order valence-corrected chi connectivity index (χ1v) is 4.96. The van der Waals surface area contributed by atoms with Crippen LogP contribution < -0.4 is 0 Å². The van der Waals surface area contributed by atoms with Gasteiger partial charge in [-0.3, -0.25) is 4.79 Å². The molecule has 1 aromatic heterocycles. The van der Waals surface area contributed by atoms with Crippen molar-refractivity contribution in [2.75, 3.05) is 0 Å². The lowest BCUT2D eigenvalue weighted by atomic mass is 10.2. The van der Waals surface area contributed by atoms with Gasteiger partial charge >= 0.3 is 0 Å². The predicted molar refractivity (Wildman–Crippen MR) is 58.7 cm³/mol. The first-order chi connectivity index (χ1) is 7.60. The van der Waals surface area contributed by atoms with E-state index in [-0.39, 0.29) is 5.56 Å². The molecule has 0 aliphatic carbocycles. The monoisotopic (exact) mass is 238 g/mol. The van der Waals surface area contributed by atoms with Crippen LogP contribution in [0.5, 0.6) is 0 Å². The van der Waals surface area contributed by atoms with E-state index in [4.69, 9.17) is 11.6 Å². The SMILES string of the molecule is Cc1nn(-c2cc(F)cc(C=O)c2)cc1Cl. The van der Waals surface area contributed by atoms with Crippen molar-refractivity contribution in [1.82, 2.24) is 9.78 Å². The highest BCUT2D eigenvalue weighted by molar-refractivity contribution is 6.31. The molecule has 3 nitrogen and oxygen atoms in total. The number of rotatable bonds is 2. The molecule has 0 bridgehead atoms. The first kappa shape index (κ1) is 10.8. The summed E-state index contributed by atoms with van der Waals surface area (Å²) in [5.74, 6) is -0.483. The molecule has 0 saturated carbocycles. The zero-order valence-electron chi connectivity index (χ0n) is 8.45. The Labute approximate surface area is 96.5 Å². The topological polar surface area (TPSA) is 34.9 Å². The van der Waals surface area contributed by atoms with Crippen molar-refractivity contribution >= 4 is 17.9 Å². The fraction of sp³-hybridized carbons (Fsp3) is 0.0909. The Morgan fingerprint density at radius 3 is 2.75 bits per heavy atom. The molecule has 0 N–H and O–H groups in total. The molecule has 2 rings (SSSR count). The Hall–Kier alpha value is -1.68. The van der Waals surface area contributed by atoms with Gasteiger partial charge in [0.15, 0.2) is 0 Å². The lowest BCUT2D eigenvalue weighted by molar-refractivity contribution is 0.112. The van der Waals surface area contributed by atoms with Crippen LogP contribution in [0.4, 0.5) is 4.39 Å². The fourth-order valence-electron chi connectivity index (χ4n) is 1.37. The number of carbonyl (C=O) groups is 1. The minimum Gasteiger partial charge on any atom is -0.298 e. The number of hydrogen-bond donors (Lipinski definition) is 0. The minimum absolute atomic E-state index is 0.263. The summed E-state index contributed by atoms with van der Waals surface area (Å²) >= 11 is 5.85. The third-order valence-electron chi connectivity index (χ3n) is 2.14. The van der Waals surface area contributed by atoms with Gasteiger partial charge in [-0.05, 0) is 25.1 Å². The van der Waals surface area contributed by atoms with E-state index < -0.39 is 5.82 Å². The van der Waals surface area contributed by atoms with Crippen molar-refractivity contribution in [2.24, 2.45) is 0 Å². The highest BCUT2D eigenvalue weighted by Crippen LogP contribution is 2.17. The van der Waals surface area contributed by atoms with E-state index >= 15 is 0 Å². The summed E-state index contributed by atoms with van der Waals surface area (Å²) in [6.07, 6.45) is 2.16. The molecule has 2 aromatic rings. The zero-order valence-corrected chi connectivity index (χ0v) is 9.20. The lowest BCUT2D eigenvalue weighted by Gasteiger charge is -2.02. The van der Waals surface area contributed by atoms with Crippen LogP contribution in [0, 0.1) is 12.7 Å². The standard InChI is InChI=1S/C11H8ClFN2O/c1-7-11(12)5-15(14-7)10-3-8(6-16)2-9(13)4-10/h2-6H,1H3. The van der Waals surface area contributed by atoms with E-state index in [1.165, 1.54) is 10.7 Å². The van der Waals surface area contributed by atoms with Gasteiger partial charge in [-0.2, -0.15) is 5.10 Å². The normalized spacial score (nSPS) is 10.4. The molecular weight excluding hydrogens is 231 g/mol. The summed E-state index contributed by atoms with van der Waals surface area (Å²) in [4.78, 5) is 10.6. The summed E-state index contributed by atoms with van der Waals surface area (Å²) in [6, 6.07) is 3.99. The molecule has 0 unspecified atom stereocenters. The minimum atomic E-state index is -0.483. The van der Waals surface area contributed by atoms with Crippen molar-refractivity contribution in [3.63, 3.8) is 0 Å². The Bertz CT molecular complexity index is 531. The first-order valence-electron chi connectivity index (χ1n) is 4.58. The third-order valence-corrected chi connectivity index (χ3v) is 2.52. The van der Waals surface area contributed by atoms with E-state index in [0.29, 0.717) is 22.7 Å². The average Bonchev–Trinajstić information content (AvgIpc) is 2.58. The van der Waals surface area contributed by atoms with Gasteiger partial charge in [0.25, 0.3) is 0 Å². The molecule has 1 heterocycles. The van der Waals surface area contributed by atoms with E-state index in [0.717, 1.165) is 6.07 Å². The summed E-state index contributed by atoms with van der Waals surface area (Å²) < 4.78 is 14.6. The number of aldehydes is 1. The van der Waals surface area contributed by atoms with Crippen molar-refractivity contribution in [3.8, 4) is 5.69 Å². The van der Waals surface area contributed by atoms with Crippen LogP contribution in [0.15, 0.2) is 24.4 Å². The number of carbonyl (C=O) groups excluding carboxylic acids is 1. The highest BCUT2D eigenvalue weighted by atomic mass is 35.5. The third kappa shape index (κ3) is 1.97. The molecule has 16 heavy (non-hydrogen) atoms. The van der Waals surface area contributed by atoms with Crippen LogP contribution >= 0.6 is 11.6 Å². The Morgan fingerprint density at radius 2 is 2.19 bits per heavy atom. The van der Waals surface area contributed by atoms with Crippen LogP contribution in [-0.2, 0) is 0 Å². The number of aromatic nitrogens is 2. The van der Waals surface area contributed by atoms with Crippen molar-refractivity contribution in [1.29, 1.82) is 0 Å². The maximum atomic E-state index is 13.2. The molecule has 0 fully saturated rings. The van der Waals surface area contributed by atoms with Crippen LogP contribution in [0.3, 0.4) is 0 Å². The molecule has 1 aromatic carbocycles. The molecule has 0 atom stereocenters. The van der Waals surface area contributed by atoms with Crippen molar-refractivity contribution < 1.29 is 9.18 Å². The van der Waals surface area contributed by atoms with Gasteiger partial charge in [-0.15, -0.1) is 0 Å². The Balaban J connectivity index is 2.55. The van der Waals surface area contributed by atoms with Crippen LogP contribution in [-0.4, -0.2) is 16.1 Å². The second-order valence-corrected chi connectivity index (χ2v) is 3.77. The summed E-state index contributed by atoms with van der Waals surface area (Å²) in [6.45, 7) is 1.75. The van der Waals surface area contributed by atoms with Gasteiger partial charge in [-0.1, -0.05) is 11.6 Å². The van der Waals surface area contributed by atoms with Gasteiger partial charge < -0.3 is 0 Å². The van der Waals surface area contributed by atoms with Crippen LogP contribution in [0.2, 0.25) is 5.02 Å². The van der Waals surface area contributed by atoms with Gasteiger partial charge in [0, 0.05) is 11.8 Å². The highest BCUT2D eigenvalue weighted by Gasteiger charge is 2.06. The molecule has 0 radical (unpaired) electrons. The maximum absolute atomic E-state index is 13.2. The van der Waals surface area contributed by atoms with Gasteiger partial charge in [0.2, 0.25) is 0 Å². The summed E-state index contributed by atoms with van der Waals surface area (Å²) in [5.41, 5.74) is 1.38. The average molecular weight is 239 g/mol. The van der Waals surface area contributed by atoms with Gasteiger partial charge in [0.1, 0.15) is 12.1 Å². The smallest absolute Gasteiger partial charge is 0.150 e. The maximum Gasteiger partial charge on any atom is 0.150 e. The lowest BCUT2D eigenvalue weighted by Crippen LogP contribution is -1.97. The molecule has 5 heteroatoms. The summed E-state index contributed by atoms with van der Waals surface area (Å²) in [7, 11) is 0. The fourth-order valence-corrected chi connectivity index (χ4v) is 1.50. The molecule has 0 spiro atoms. The molecule has 0 aliphatic rings. The van der Waals surface area contributed by atoms with E-state index in [9.17, 15) is 9.18 Å². The molecule has 0 aliphatic heterocycles. The molecule has 0 amide bonds. The number of aryl methyl sites for hydroxylation is 1. The number of nitrogens with zero attached hydrogens (tertiary/aromatic N) is 2. The quantitative estimate of drug-likeness (QED) is 0.754. The number of benzene rings is 1. The number of halogens is 2. The molecule has 0 saturated heterocycles. The van der Waals surface area contributed by atoms with Gasteiger partial charge in [-0.25, -0.2) is 9.07 Å². The Kier molecular flexibility index (Phi) is 2.75. The van der Waals surface area contributed by atoms with E-state index in [1.54, 1.807) is 19.2 Å². The molecular formula is C11H8ClFN2O. The van der Waals surface area contributed by atoms with Gasteiger partial charge in [0.05, 0.1) is 16.4 Å². The van der Waals surface area contributed by atoms with Crippen LogP contribution in [0.25, 0.3) is 5.69 Å². The summed E-state index contributed by atoms with van der Waals surface area (Å²) in [5, 5.41) is 4.60. The second-order valence-electron chi connectivity index (χ2n) is 3.37. The van der Waals surface area contributed by atoms with E-state index in [2.05, 4.69) is 5.10 Å². The van der Waals surface area contributed by atoms with Crippen LogP contribution in [0.1, 0.15) is 16.1 Å². The second kappa shape index (κ2) is 4.06. The Morgan fingerprint density at radius 1 is 1.44 bits per heavy atom. The zero-order chi connectivity index (χ0) is 11.7. The van der Waals surface area contributed by atoms with Crippen molar-refractivity contribution in [2.45, 2.75) is 6.92 Å². The van der Waals surface area contributed by atoms with E-state index in [1.807, 2.05) is 0 Å². The molecule has 82 valence electrons. The number of hydrogen-bond acceptors (Lipinski definition) is 2. The van der Waals surface area contributed by atoms with Crippen molar-refractivity contribution in [3.05, 3.63) is 46.5 Å². The predicted octanol–water partition coefficient (Wildman–Crippen LogP) is 2.79.